The van der Waals surface area contributed by atoms with Gasteiger partial charge in [0.15, 0.2) is 5.82 Å². The van der Waals surface area contributed by atoms with Crippen LogP contribution in [0.1, 0.15) is 0 Å². The normalized spacial score (nSPS) is 11.9. The first-order valence-electron chi connectivity index (χ1n) is 19.1. The molecule has 0 unspecified atom stereocenters. The summed E-state index contributed by atoms with van der Waals surface area (Å²) in [6.07, 6.45) is 0. The molecule has 0 amide bonds. The third kappa shape index (κ3) is 4.53. The standard InChI is InChI=1S/C52H32N4/c1-3-14-33(15-4-1)44-32-45(34-16-5-2-6-17-34)54-52(53-44)36-18-11-19-37(30-36)55-46-25-9-8-21-40(46)43-31-35(28-29-48(43)55)38-22-13-27-49-50(38)42-24-12-23-41-39-20-7-10-26-47(39)56(49)51(41)42/h1-32H. The van der Waals surface area contributed by atoms with E-state index in [9.17, 15) is 0 Å². The molecule has 0 N–H and O–H groups in total. The summed E-state index contributed by atoms with van der Waals surface area (Å²) in [6, 6.07) is 69.4. The van der Waals surface area contributed by atoms with Crippen LogP contribution >= 0.6 is 0 Å². The number of hydrogen-bond acceptors (Lipinski definition) is 2. The van der Waals surface area contributed by atoms with E-state index in [1.54, 1.807) is 0 Å². The van der Waals surface area contributed by atoms with Crippen molar-refractivity contribution >= 4 is 59.9 Å². The molecule has 12 rings (SSSR count). The molecule has 0 saturated heterocycles. The molecule has 4 heterocycles. The molecule has 0 bridgehead atoms. The van der Waals surface area contributed by atoms with E-state index in [1.165, 1.54) is 60.0 Å². The molecular formula is C52H32N4. The minimum absolute atomic E-state index is 0.696. The topological polar surface area (TPSA) is 35.1 Å². The lowest BCUT2D eigenvalue weighted by molar-refractivity contribution is 1.16. The highest BCUT2D eigenvalue weighted by molar-refractivity contribution is 6.26. The van der Waals surface area contributed by atoms with Crippen LogP contribution in [0, 0.1) is 0 Å². The van der Waals surface area contributed by atoms with Crippen LogP contribution in [0.3, 0.4) is 0 Å². The van der Waals surface area contributed by atoms with Gasteiger partial charge in [-0.3, -0.25) is 0 Å². The Morgan fingerprint density at radius 3 is 1.68 bits per heavy atom. The zero-order valence-electron chi connectivity index (χ0n) is 30.3. The number of benzene rings is 8. The van der Waals surface area contributed by atoms with E-state index in [-0.39, 0.29) is 0 Å². The van der Waals surface area contributed by atoms with Gasteiger partial charge in [-0.2, -0.15) is 0 Å². The van der Waals surface area contributed by atoms with Crippen molar-refractivity contribution in [2.24, 2.45) is 0 Å². The van der Waals surface area contributed by atoms with Crippen molar-refractivity contribution in [1.29, 1.82) is 0 Å². The van der Waals surface area contributed by atoms with Gasteiger partial charge in [-0.05, 0) is 59.7 Å². The van der Waals surface area contributed by atoms with Crippen molar-refractivity contribution in [2.45, 2.75) is 0 Å². The van der Waals surface area contributed by atoms with Gasteiger partial charge < -0.3 is 8.97 Å². The molecule has 4 heteroatoms. The Labute approximate surface area is 322 Å². The molecule has 0 aliphatic rings. The number of rotatable bonds is 5. The van der Waals surface area contributed by atoms with E-state index in [4.69, 9.17) is 9.97 Å². The highest BCUT2D eigenvalue weighted by atomic mass is 15.0. The van der Waals surface area contributed by atoms with Crippen molar-refractivity contribution in [3.63, 3.8) is 0 Å². The lowest BCUT2D eigenvalue weighted by atomic mass is 9.97. The van der Waals surface area contributed by atoms with E-state index in [0.29, 0.717) is 5.82 Å². The van der Waals surface area contributed by atoms with Crippen LogP contribution in [0.4, 0.5) is 0 Å². The number of aromatic nitrogens is 4. The summed E-state index contributed by atoms with van der Waals surface area (Å²) in [7, 11) is 0. The molecular weight excluding hydrogens is 681 g/mol. The first kappa shape index (κ1) is 30.9. The van der Waals surface area contributed by atoms with Crippen LogP contribution in [-0.2, 0) is 0 Å². The SMILES string of the molecule is c1ccc(-c2cc(-c3ccccc3)nc(-c3cccc(-n4c5ccccc5c5cc(-c6cccc7c6c6cccc8c9ccccc9n7c86)ccc54)c3)n2)cc1. The Morgan fingerprint density at radius 1 is 0.339 bits per heavy atom. The monoisotopic (exact) mass is 712 g/mol. The summed E-state index contributed by atoms with van der Waals surface area (Å²) in [6.45, 7) is 0. The Morgan fingerprint density at radius 2 is 0.911 bits per heavy atom. The molecule has 4 aromatic heterocycles. The van der Waals surface area contributed by atoms with Gasteiger partial charge in [-0.25, -0.2) is 9.97 Å². The maximum absolute atomic E-state index is 5.14. The van der Waals surface area contributed by atoms with E-state index in [2.05, 4.69) is 191 Å². The van der Waals surface area contributed by atoms with Crippen molar-refractivity contribution in [1.82, 2.24) is 18.9 Å². The Balaban J connectivity index is 1.04. The molecule has 0 fully saturated rings. The molecule has 260 valence electrons. The largest absolute Gasteiger partial charge is 0.309 e. The maximum Gasteiger partial charge on any atom is 0.160 e. The fourth-order valence-corrected chi connectivity index (χ4v) is 9.01. The molecule has 8 aromatic carbocycles. The predicted molar refractivity (Wildman–Crippen MR) is 233 cm³/mol. The van der Waals surface area contributed by atoms with E-state index < -0.39 is 0 Å². The van der Waals surface area contributed by atoms with Gasteiger partial charge in [0.2, 0.25) is 0 Å². The van der Waals surface area contributed by atoms with Crippen molar-refractivity contribution in [2.75, 3.05) is 0 Å². The number of fused-ring (bicyclic) bond motifs is 9. The highest BCUT2D eigenvalue weighted by Crippen LogP contribution is 2.44. The summed E-state index contributed by atoms with van der Waals surface area (Å²) in [5.41, 5.74) is 14.5. The first-order chi connectivity index (χ1) is 27.8. The zero-order valence-corrected chi connectivity index (χ0v) is 30.3. The van der Waals surface area contributed by atoms with Gasteiger partial charge in [-0.1, -0.05) is 146 Å². The minimum Gasteiger partial charge on any atom is -0.309 e. The molecule has 0 saturated carbocycles. The van der Waals surface area contributed by atoms with Crippen LogP contribution in [0.25, 0.3) is 111 Å². The van der Waals surface area contributed by atoms with E-state index in [0.717, 1.165) is 44.8 Å². The second kappa shape index (κ2) is 12.0. The lowest BCUT2D eigenvalue weighted by Gasteiger charge is -2.12. The van der Waals surface area contributed by atoms with Crippen LogP contribution in [0.15, 0.2) is 194 Å². The smallest absolute Gasteiger partial charge is 0.160 e. The van der Waals surface area contributed by atoms with Crippen molar-refractivity contribution < 1.29 is 0 Å². The van der Waals surface area contributed by atoms with Gasteiger partial charge in [0.1, 0.15) is 0 Å². The average Bonchev–Trinajstić information content (AvgIpc) is 3.92. The second-order valence-electron chi connectivity index (χ2n) is 14.6. The van der Waals surface area contributed by atoms with Gasteiger partial charge in [-0.15, -0.1) is 0 Å². The fourth-order valence-electron chi connectivity index (χ4n) is 9.01. The minimum atomic E-state index is 0.696. The third-order valence-electron chi connectivity index (χ3n) is 11.5. The molecule has 0 spiro atoms. The van der Waals surface area contributed by atoms with E-state index in [1.807, 2.05) is 12.1 Å². The molecule has 12 aromatic rings. The van der Waals surface area contributed by atoms with Gasteiger partial charge in [0, 0.05) is 54.7 Å². The second-order valence-corrected chi connectivity index (χ2v) is 14.6. The van der Waals surface area contributed by atoms with Gasteiger partial charge in [0.25, 0.3) is 0 Å². The average molecular weight is 713 g/mol. The lowest BCUT2D eigenvalue weighted by Crippen LogP contribution is -1.98. The van der Waals surface area contributed by atoms with Crippen molar-refractivity contribution in [3.8, 4) is 50.7 Å². The summed E-state index contributed by atoms with van der Waals surface area (Å²) >= 11 is 0. The highest BCUT2D eigenvalue weighted by Gasteiger charge is 2.21. The van der Waals surface area contributed by atoms with Crippen LogP contribution in [0.5, 0.6) is 0 Å². The summed E-state index contributed by atoms with van der Waals surface area (Å²) in [4.78, 5) is 10.3. The summed E-state index contributed by atoms with van der Waals surface area (Å²) in [5.74, 6) is 0.696. The van der Waals surface area contributed by atoms with Gasteiger partial charge in [0.05, 0.1) is 39.0 Å². The Hall–Kier alpha value is -7.56. The molecule has 0 aliphatic carbocycles. The predicted octanol–water partition coefficient (Wildman–Crippen LogP) is 13.4. The molecule has 0 aliphatic heterocycles. The van der Waals surface area contributed by atoms with E-state index >= 15 is 0 Å². The fraction of sp³-hybridized carbons (Fsp3) is 0. The third-order valence-corrected chi connectivity index (χ3v) is 11.5. The number of nitrogens with zero attached hydrogens (tertiary/aromatic N) is 4. The molecule has 0 atom stereocenters. The summed E-state index contributed by atoms with van der Waals surface area (Å²) < 4.78 is 4.84. The van der Waals surface area contributed by atoms with Crippen LogP contribution in [0.2, 0.25) is 0 Å². The number of hydrogen-bond donors (Lipinski definition) is 0. The first-order valence-corrected chi connectivity index (χ1v) is 19.1. The van der Waals surface area contributed by atoms with Gasteiger partial charge >= 0.3 is 0 Å². The quantitative estimate of drug-likeness (QED) is 0.178. The van der Waals surface area contributed by atoms with Crippen LogP contribution in [-0.4, -0.2) is 18.9 Å². The maximum atomic E-state index is 5.14. The number of para-hydroxylation sites is 3. The molecule has 0 radical (unpaired) electrons. The Bertz CT molecular complexity index is 3410. The molecule has 4 nitrogen and oxygen atoms in total. The molecule has 56 heavy (non-hydrogen) atoms. The Kier molecular flexibility index (Phi) is 6.60. The van der Waals surface area contributed by atoms with Crippen molar-refractivity contribution in [3.05, 3.63) is 194 Å². The summed E-state index contributed by atoms with van der Waals surface area (Å²) in [5, 5.41) is 7.62. The zero-order chi connectivity index (χ0) is 36.7. The van der Waals surface area contributed by atoms with Crippen LogP contribution < -0.4 is 0 Å².